The van der Waals surface area contributed by atoms with E-state index in [9.17, 15) is 23.3 Å². The number of anilines is 2. The number of benzene rings is 1. The van der Waals surface area contributed by atoms with Gasteiger partial charge in [-0.05, 0) is 38.1 Å². The summed E-state index contributed by atoms with van der Waals surface area (Å²) in [5.41, 5.74) is 1.04. The number of nitro groups is 1. The number of nitrogens with zero attached hydrogens (tertiary/aromatic N) is 4. The smallest absolute Gasteiger partial charge is 0.312 e. The van der Waals surface area contributed by atoms with E-state index in [-0.39, 0.29) is 34.6 Å². The second kappa shape index (κ2) is 8.59. The van der Waals surface area contributed by atoms with Crippen LogP contribution < -0.4 is 10.0 Å². The van der Waals surface area contributed by atoms with E-state index in [1.54, 1.807) is 19.2 Å². The number of aryl methyl sites for hydroxylation is 2. The number of hydrogen-bond donors (Lipinski definition) is 2. The third-order valence-corrected chi connectivity index (χ3v) is 6.35. The zero-order valence-electron chi connectivity index (χ0n) is 16.0. The molecule has 3 rings (SSSR count). The summed E-state index contributed by atoms with van der Waals surface area (Å²) in [5, 5.41) is 19.7. The highest BCUT2D eigenvalue weighted by Crippen LogP contribution is 2.22. The standard InChI is InChI=1S/C17H18N6O5S2/c1-11-16(23(25)26)12(2)22(20-11)9-7-15(24)19-13-3-5-14(6-4-13)30(27,28)21-17-18-8-10-29-17/h3-6,8,10H,7,9H2,1-2H3,(H,18,21)(H,19,24). The van der Waals surface area contributed by atoms with Crippen molar-refractivity contribution in [3.8, 4) is 0 Å². The Morgan fingerprint density at radius 1 is 1.27 bits per heavy atom. The second-order valence-electron chi connectivity index (χ2n) is 6.26. The van der Waals surface area contributed by atoms with Crippen molar-refractivity contribution in [3.05, 3.63) is 57.3 Å². The summed E-state index contributed by atoms with van der Waals surface area (Å²) < 4.78 is 28.4. The number of hydrogen-bond acceptors (Lipinski definition) is 8. The molecule has 2 heterocycles. The lowest BCUT2D eigenvalue weighted by Crippen LogP contribution is -2.16. The molecule has 2 N–H and O–H groups in total. The molecule has 0 unspecified atom stereocenters. The Labute approximate surface area is 176 Å². The molecule has 0 atom stereocenters. The normalized spacial score (nSPS) is 11.3. The molecule has 1 amide bonds. The van der Waals surface area contributed by atoms with Crippen LogP contribution in [-0.4, -0.2) is 34.0 Å². The molecule has 0 saturated heterocycles. The average Bonchev–Trinajstić information content (AvgIpc) is 3.27. The van der Waals surface area contributed by atoms with Gasteiger partial charge >= 0.3 is 5.69 Å². The minimum atomic E-state index is -3.77. The molecule has 1 aromatic carbocycles. The van der Waals surface area contributed by atoms with Gasteiger partial charge in [-0.15, -0.1) is 11.3 Å². The van der Waals surface area contributed by atoms with Crippen LogP contribution in [0.5, 0.6) is 0 Å². The van der Waals surface area contributed by atoms with Crippen LogP contribution in [0.2, 0.25) is 0 Å². The van der Waals surface area contributed by atoms with Crippen LogP contribution in [0.3, 0.4) is 0 Å². The van der Waals surface area contributed by atoms with Crippen LogP contribution in [0.15, 0.2) is 40.7 Å². The van der Waals surface area contributed by atoms with Gasteiger partial charge in [-0.3, -0.25) is 24.3 Å². The largest absolute Gasteiger partial charge is 0.326 e. The van der Waals surface area contributed by atoms with Crippen molar-refractivity contribution in [2.24, 2.45) is 0 Å². The number of thiazole rings is 1. The fourth-order valence-corrected chi connectivity index (χ4v) is 4.55. The molecule has 0 aliphatic carbocycles. The first-order chi connectivity index (χ1) is 14.2. The number of amides is 1. The number of carbonyl (C=O) groups is 1. The summed E-state index contributed by atoms with van der Waals surface area (Å²) in [5.74, 6) is -0.332. The van der Waals surface area contributed by atoms with Crippen LogP contribution in [0, 0.1) is 24.0 Å². The second-order valence-corrected chi connectivity index (χ2v) is 8.84. The van der Waals surface area contributed by atoms with Crippen molar-refractivity contribution < 1.29 is 18.1 Å². The zero-order chi connectivity index (χ0) is 21.9. The Bertz CT molecular complexity index is 1170. The highest BCUT2D eigenvalue weighted by atomic mass is 32.2. The Kier molecular flexibility index (Phi) is 6.12. The zero-order valence-corrected chi connectivity index (χ0v) is 17.7. The summed E-state index contributed by atoms with van der Waals surface area (Å²) in [6, 6.07) is 5.69. The minimum Gasteiger partial charge on any atom is -0.326 e. The van der Waals surface area contributed by atoms with Gasteiger partial charge in [0.1, 0.15) is 11.4 Å². The van der Waals surface area contributed by atoms with Gasteiger partial charge in [0.15, 0.2) is 5.13 Å². The maximum absolute atomic E-state index is 12.3. The Morgan fingerprint density at radius 2 is 1.97 bits per heavy atom. The van der Waals surface area contributed by atoms with Gasteiger partial charge in [0, 0.05) is 23.7 Å². The van der Waals surface area contributed by atoms with Crippen LogP contribution >= 0.6 is 11.3 Å². The quantitative estimate of drug-likeness (QED) is 0.396. The SMILES string of the molecule is Cc1nn(CCC(=O)Nc2ccc(S(=O)(=O)Nc3nccs3)cc2)c(C)c1[N+](=O)[O-]. The van der Waals surface area contributed by atoms with Crippen molar-refractivity contribution in [1.82, 2.24) is 14.8 Å². The molecule has 0 bridgehead atoms. The molecule has 0 saturated carbocycles. The first-order valence-electron chi connectivity index (χ1n) is 8.68. The van der Waals surface area contributed by atoms with Gasteiger partial charge in [0.2, 0.25) is 5.91 Å². The van der Waals surface area contributed by atoms with Gasteiger partial charge in [-0.25, -0.2) is 13.4 Å². The lowest BCUT2D eigenvalue weighted by Gasteiger charge is -2.08. The molecule has 0 radical (unpaired) electrons. The van der Waals surface area contributed by atoms with Gasteiger partial charge in [0.05, 0.1) is 16.4 Å². The molecule has 3 aromatic rings. The summed E-state index contributed by atoms with van der Waals surface area (Å²) in [4.78, 5) is 26.7. The predicted molar refractivity (Wildman–Crippen MR) is 111 cm³/mol. The molecule has 2 aromatic heterocycles. The van der Waals surface area contributed by atoms with Crippen molar-refractivity contribution in [2.45, 2.75) is 31.7 Å². The third-order valence-electron chi connectivity index (χ3n) is 4.18. The topological polar surface area (TPSA) is 149 Å². The van der Waals surface area contributed by atoms with E-state index < -0.39 is 14.9 Å². The van der Waals surface area contributed by atoms with E-state index in [2.05, 4.69) is 20.1 Å². The minimum absolute atomic E-state index is 0.0330. The van der Waals surface area contributed by atoms with Gasteiger partial charge in [-0.1, -0.05) is 0 Å². The lowest BCUT2D eigenvalue weighted by atomic mass is 10.3. The average molecular weight is 451 g/mol. The number of rotatable bonds is 8. The summed E-state index contributed by atoms with van der Waals surface area (Å²) >= 11 is 1.16. The molecule has 0 aliphatic heterocycles. The fraction of sp³-hybridized carbons (Fsp3) is 0.235. The number of carbonyl (C=O) groups excluding carboxylic acids is 1. The van der Waals surface area contributed by atoms with Crippen molar-refractivity contribution in [2.75, 3.05) is 10.0 Å². The number of sulfonamides is 1. The predicted octanol–water partition coefficient (Wildman–Crippen LogP) is 2.69. The molecule has 0 aliphatic rings. The highest BCUT2D eigenvalue weighted by molar-refractivity contribution is 7.93. The molecular formula is C17H18N6O5S2. The van der Waals surface area contributed by atoms with Gasteiger partial charge in [-0.2, -0.15) is 5.10 Å². The Morgan fingerprint density at radius 3 is 2.53 bits per heavy atom. The van der Waals surface area contributed by atoms with Crippen LogP contribution in [0.1, 0.15) is 17.8 Å². The van der Waals surface area contributed by atoms with Crippen LogP contribution in [0.25, 0.3) is 0 Å². The molecular weight excluding hydrogens is 432 g/mol. The van der Waals surface area contributed by atoms with Crippen molar-refractivity contribution in [3.63, 3.8) is 0 Å². The van der Waals surface area contributed by atoms with E-state index in [0.29, 0.717) is 17.1 Å². The summed E-state index contributed by atoms with van der Waals surface area (Å²) in [6.07, 6.45) is 1.54. The van der Waals surface area contributed by atoms with Crippen LogP contribution in [-0.2, 0) is 21.4 Å². The van der Waals surface area contributed by atoms with Gasteiger partial charge < -0.3 is 5.32 Å². The maximum Gasteiger partial charge on any atom is 0.312 e. The molecule has 11 nitrogen and oxygen atoms in total. The fourth-order valence-electron chi connectivity index (χ4n) is 2.77. The third kappa shape index (κ3) is 4.80. The first kappa shape index (κ1) is 21.4. The molecule has 13 heteroatoms. The van der Waals surface area contributed by atoms with Crippen molar-refractivity contribution >= 4 is 43.8 Å². The first-order valence-corrected chi connectivity index (χ1v) is 11.0. The van der Waals surface area contributed by atoms with E-state index in [0.717, 1.165) is 11.3 Å². The van der Waals surface area contributed by atoms with E-state index in [4.69, 9.17) is 0 Å². The molecule has 0 spiro atoms. The van der Waals surface area contributed by atoms with E-state index in [1.807, 2.05) is 0 Å². The van der Waals surface area contributed by atoms with Gasteiger partial charge in [0.25, 0.3) is 10.0 Å². The lowest BCUT2D eigenvalue weighted by molar-refractivity contribution is -0.386. The Balaban J connectivity index is 1.60. The summed E-state index contributed by atoms with van der Waals surface area (Å²) in [7, 11) is -3.77. The van der Waals surface area contributed by atoms with Crippen molar-refractivity contribution in [1.29, 1.82) is 0 Å². The summed E-state index contributed by atoms with van der Waals surface area (Å²) in [6.45, 7) is 3.30. The highest BCUT2D eigenvalue weighted by Gasteiger charge is 2.22. The van der Waals surface area contributed by atoms with E-state index in [1.165, 1.54) is 35.1 Å². The van der Waals surface area contributed by atoms with Crippen LogP contribution in [0.4, 0.5) is 16.5 Å². The monoisotopic (exact) mass is 450 g/mol. The number of aromatic nitrogens is 3. The molecule has 0 fully saturated rings. The molecule has 30 heavy (non-hydrogen) atoms. The molecule has 158 valence electrons. The number of nitrogens with one attached hydrogen (secondary N) is 2. The van der Waals surface area contributed by atoms with E-state index >= 15 is 0 Å². The maximum atomic E-state index is 12.3. The Hall–Kier alpha value is -3.32.